The first-order valence-corrected chi connectivity index (χ1v) is 0.428. The van der Waals surface area contributed by atoms with Crippen molar-refractivity contribution in [2.45, 2.75) is 0 Å². The molecule has 0 rings (SSSR count). The van der Waals surface area contributed by atoms with Crippen molar-refractivity contribution in [3.05, 3.63) is 7.43 Å². The molecule has 4 heteroatoms. The van der Waals surface area contributed by atoms with E-state index in [-0.39, 0.29) is 72.8 Å². The minimum atomic E-state index is 0. The van der Waals surface area contributed by atoms with Gasteiger partial charge < -0.3 is 17.3 Å². The van der Waals surface area contributed by atoms with Gasteiger partial charge in [-0.2, -0.15) is 0 Å². The fourth-order valence-electron chi connectivity index (χ4n) is 0. The topological polar surface area (TPSA) is 37.3 Å². The number of hydrogen-bond acceptors (Lipinski definition) is 1. The fourth-order valence-corrected chi connectivity index (χ4v) is 0. The van der Waals surface area contributed by atoms with Crippen molar-refractivity contribution in [3.8, 4) is 0 Å². The third kappa shape index (κ3) is 44.1. The fraction of sp³-hybridized carbons (Fsp3) is 0. The molecule has 0 saturated carbocycles. The molecular formula is C2H4O2Y2-2. The van der Waals surface area contributed by atoms with Crippen LogP contribution in [-0.2, 0) is 70.2 Å². The van der Waals surface area contributed by atoms with Gasteiger partial charge in [0.15, 0.2) is 0 Å². The molecule has 0 heterocycles. The van der Waals surface area contributed by atoms with Crippen LogP contribution in [0.2, 0.25) is 0 Å². The molecule has 0 spiro atoms. The van der Waals surface area contributed by atoms with Crippen molar-refractivity contribution in [3.63, 3.8) is 0 Å². The summed E-state index contributed by atoms with van der Waals surface area (Å²) in [6.07, 6.45) is 0. The Labute approximate surface area is 87.8 Å². The van der Waals surface area contributed by atoms with E-state index in [1.165, 1.54) is 0 Å². The maximum atomic E-state index is 8.24. The van der Waals surface area contributed by atoms with Gasteiger partial charge >= 0.3 is 0 Å². The first-order valence-electron chi connectivity index (χ1n) is 0.428. The summed E-state index contributed by atoms with van der Waals surface area (Å²) in [7, 11) is 0. The Bertz CT molecular complexity index is 17.0. The van der Waals surface area contributed by atoms with E-state index in [2.05, 4.69) is 0 Å². The molecule has 0 aromatic heterocycles. The monoisotopic (exact) mass is 238 g/mol. The summed E-state index contributed by atoms with van der Waals surface area (Å²) in [6, 6.07) is 0. The van der Waals surface area contributed by atoms with Crippen molar-refractivity contribution >= 4 is 6.47 Å². The molecular weight excluding hydrogens is 234 g/mol. The van der Waals surface area contributed by atoms with Gasteiger partial charge in [-0.3, -0.25) is 0 Å². The second kappa shape index (κ2) is 30.0. The number of aliphatic hydroxyl groups excluding tert-OH is 1. The molecule has 0 aromatic rings. The Kier molecular flexibility index (Phi) is 127. The summed E-state index contributed by atoms with van der Waals surface area (Å²) in [5, 5.41) is 6.76. The molecule has 0 saturated heterocycles. The molecule has 0 bridgehead atoms. The van der Waals surface area contributed by atoms with Crippen molar-refractivity contribution in [1.29, 1.82) is 0 Å². The average Bonchev–Trinajstić information content (AvgIpc) is 0.918. The van der Waals surface area contributed by atoms with Gasteiger partial charge in [-0.05, 0) is 0 Å². The molecule has 1 N–H and O–H groups in total. The van der Waals surface area contributed by atoms with Gasteiger partial charge in [0.1, 0.15) is 0 Å². The van der Waals surface area contributed by atoms with Gasteiger partial charge in [-0.25, -0.2) is 0 Å². The zero-order chi connectivity index (χ0) is 2.71. The molecule has 32 valence electrons. The zero-order valence-corrected chi connectivity index (χ0v) is 9.19. The van der Waals surface area contributed by atoms with E-state index in [9.17, 15) is 0 Å². The van der Waals surface area contributed by atoms with Crippen LogP contribution in [-0.4, -0.2) is 11.6 Å². The van der Waals surface area contributed by atoms with E-state index in [0.717, 1.165) is 0 Å². The first kappa shape index (κ1) is 25.3. The summed E-state index contributed by atoms with van der Waals surface area (Å²) >= 11 is 0. The van der Waals surface area contributed by atoms with Crippen LogP contribution in [0.15, 0.2) is 0 Å². The van der Waals surface area contributed by atoms with E-state index in [4.69, 9.17) is 9.90 Å². The quantitative estimate of drug-likeness (QED) is 0.605. The minimum Gasteiger partial charge on any atom is -0.665 e. The molecule has 6 heavy (non-hydrogen) atoms. The summed E-state index contributed by atoms with van der Waals surface area (Å²) < 4.78 is 0. The van der Waals surface area contributed by atoms with Crippen LogP contribution in [0.3, 0.4) is 0 Å². The Hall–Kier alpha value is 1.68. The van der Waals surface area contributed by atoms with Gasteiger partial charge in [0.2, 0.25) is 0 Å². The van der Waals surface area contributed by atoms with E-state index < -0.39 is 0 Å². The average molecular weight is 238 g/mol. The predicted octanol–water partition coefficient (Wildman–Crippen LogP) is 0.0569. The van der Waals surface area contributed by atoms with Crippen LogP contribution < -0.4 is 0 Å². The van der Waals surface area contributed by atoms with E-state index >= 15 is 0 Å². The van der Waals surface area contributed by atoms with E-state index in [0.29, 0.717) is 6.47 Å². The van der Waals surface area contributed by atoms with Gasteiger partial charge in [0, 0.05) is 65.4 Å². The van der Waals surface area contributed by atoms with Gasteiger partial charge in [0.05, 0.1) is 0 Å². The summed E-state index contributed by atoms with van der Waals surface area (Å²) in [5.41, 5.74) is 0. The Morgan fingerprint density at radius 3 is 1.33 bits per heavy atom. The van der Waals surface area contributed by atoms with Crippen LogP contribution in [0, 0.1) is 7.43 Å². The third-order valence-corrected chi connectivity index (χ3v) is 0. The van der Waals surface area contributed by atoms with Crippen LogP contribution in [0.1, 0.15) is 0 Å². The third-order valence-electron chi connectivity index (χ3n) is 0. The van der Waals surface area contributed by atoms with Crippen molar-refractivity contribution in [2.75, 3.05) is 0 Å². The SMILES string of the molecule is O=[C-]O.[CH3-].[Y].[Y]. The summed E-state index contributed by atoms with van der Waals surface area (Å²) in [6.45, 7) is 0.500. The van der Waals surface area contributed by atoms with Crippen LogP contribution in [0.25, 0.3) is 0 Å². The maximum absolute atomic E-state index is 8.24. The van der Waals surface area contributed by atoms with Crippen molar-refractivity contribution in [1.82, 2.24) is 0 Å². The standard InChI is InChI=1S/CHO2.CH3.2Y/c2-1-3;;;/h(H,2,3);1H3;;/q2*-1;;. The second-order valence-electron chi connectivity index (χ2n) is 0.0913. The van der Waals surface area contributed by atoms with Gasteiger partial charge in [-0.1, -0.05) is 6.47 Å². The molecule has 2 nitrogen and oxygen atoms in total. The van der Waals surface area contributed by atoms with Crippen LogP contribution in [0.5, 0.6) is 0 Å². The van der Waals surface area contributed by atoms with Gasteiger partial charge in [-0.15, -0.1) is 0 Å². The zero-order valence-electron chi connectivity index (χ0n) is 3.51. The molecule has 0 aliphatic rings. The first-order chi connectivity index (χ1) is 1.41. The Morgan fingerprint density at radius 1 is 1.33 bits per heavy atom. The Balaban J connectivity index is -0.00000000667. The van der Waals surface area contributed by atoms with E-state index in [1.54, 1.807) is 0 Å². The normalized spacial score (nSPS) is 2.00. The molecule has 0 amide bonds. The van der Waals surface area contributed by atoms with E-state index in [1.807, 2.05) is 0 Å². The molecule has 2 radical (unpaired) electrons. The second-order valence-corrected chi connectivity index (χ2v) is 0.0913. The number of hydrogen-bond donors (Lipinski definition) is 1. The minimum absolute atomic E-state index is 0. The van der Waals surface area contributed by atoms with Crippen molar-refractivity contribution in [2.24, 2.45) is 0 Å². The molecule has 0 atom stereocenters. The van der Waals surface area contributed by atoms with Crippen LogP contribution >= 0.6 is 0 Å². The number of rotatable bonds is 0. The summed E-state index contributed by atoms with van der Waals surface area (Å²) in [4.78, 5) is 8.24. The molecule has 0 unspecified atom stereocenters. The van der Waals surface area contributed by atoms with Crippen molar-refractivity contribution < 1.29 is 75.3 Å². The molecule has 0 aromatic carbocycles. The Morgan fingerprint density at radius 2 is 1.33 bits per heavy atom. The van der Waals surface area contributed by atoms with Gasteiger partial charge in [0.25, 0.3) is 0 Å². The maximum Gasteiger partial charge on any atom is 0 e. The molecule has 0 fully saturated rings. The molecule has 0 aliphatic carbocycles. The van der Waals surface area contributed by atoms with Crippen LogP contribution in [0.4, 0.5) is 0 Å². The smallest absolute Gasteiger partial charge is 0 e. The molecule has 0 aliphatic heterocycles. The largest absolute Gasteiger partial charge is 0.665 e. The summed E-state index contributed by atoms with van der Waals surface area (Å²) in [5.74, 6) is 0. The predicted molar refractivity (Wildman–Crippen MR) is 14.7 cm³/mol.